The van der Waals surface area contributed by atoms with Crippen molar-refractivity contribution in [3.8, 4) is 0 Å². The minimum atomic E-state index is 0.672. The molecule has 0 N–H and O–H groups in total. The number of thiol groups is 1. The summed E-state index contributed by atoms with van der Waals surface area (Å²) in [6.45, 7) is 4.35. The molecular formula is C21H39S2+. The summed E-state index contributed by atoms with van der Waals surface area (Å²) >= 11 is 4.13. The Labute approximate surface area is 154 Å². The minimum Gasteiger partial charge on any atom is -0.143 e. The second-order valence-electron chi connectivity index (χ2n) is 6.71. The second kappa shape index (κ2) is 16.8. The predicted molar refractivity (Wildman–Crippen MR) is 114 cm³/mol. The van der Waals surface area contributed by atoms with Gasteiger partial charge in [-0.2, -0.15) is 0 Å². The van der Waals surface area contributed by atoms with Crippen LogP contribution in [0.15, 0.2) is 29.2 Å². The molecule has 2 heteroatoms. The first kappa shape index (κ1) is 22.9. The molecule has 1 aromatic carbocycles. The SMILES string of the molecule is CCCCCCCCCCCC[S+](C)C.Cc1ccc(S)cc1. The molecule has 0 heterocycles. The van der Waals surface area contributed by atoms with Crippen molar-refractivity contribution in [3.05, 3.63) is 29.8 Å². The highest BCUT2D eigenvalue weighted by molar-refractivity contribution is 7.95. The molecule has 0 saturated heterocycles. The monoisotopic (exact) mass is 355 g/mol. The van der Waals surface area contributed by atoms with E-state index in [0.29, 0.717) is 10.9 Å². The van der Waals surface area contributed by atoms with Crippen LogP contribution in [0.2, 0.25) is 0 Å². The number of aryl methyl sites for hydroxylation is 1. The van der Waals surface area contributed by atoms with Crippen LogP contribution in [0, 0.1) is 6.92 Å². The van der Waals surface area contributed by atoms with Crippen molar-refractivity contribution in [1.82, 2.24) is 0 Å². The van der Waals surface area contributed by atoms with E-state index in [2.05, 4.69) is 39.0 Å². The van der Waals surface area contributed by atoms with Crippen molar-refractivity contribution < 1.29 is 0 Å². The Morgan fingerprint density at radius 1 is 0.739 bits per heavy atom. The maximum Gasteiger partial charge on any atom is 0.107 e. The molecular weight excluding hydrogens is 316 g/mol. The van der Waals surface area contributed by atoms with Crippen molar-refractivity contribution in [2.45, 2.75) is 83.0 Å². The van der Waals surface area contributed by atoms with E-state index in [4.69, 9.17) is 0 Å². The van der Waals surface area contributed by atoms with Gasteiger partial charge in [-0.15, -0.1) is 12.6 Å². The standard InChI is InChI=1S/C14H31S.C7H8S/c1-4-5-6-7-8-9-10-11-12-13-14-15(2)3;1-6-2-4-7(8)5-3-6/h4-14H2,1-3H3;2-5,8H,1H3/q+1;. The molecule has 0 bridgehead atoms. The quantitative estimate of drug-likeness (QED) is 0.245. The van der Waals surface area contributed by atoms with Gasteiger partial charge in [0.15, 0.2) is 0 Å². The molecule has 0 fully saturated rings. The fourth-order valence-electron chi connectivity index (χ4n) is 2.42. The molecule has 0 aliphatic heterocycles. The van der Waals surface area contributed by atoms with E-state index in [1.165, 1.54) is 75.5 Å². The van der Waals surface area contributed by atoms with Gasteiger partial charge in [-0.25, -0.2) is 0 Å². The molecule has 0 amide bonds. The van der Waals surface area contributed by atoms with E-state index in [9.17, 15) is 0 Å². The Balaban J connectivity index is 0.000000502. The molecule has 23 heavy (non-hydrogen) atoms. The average molecular weight is 356 g/mol. The molecule has 0 aromatic heterocycles. The van der Waals surface area contributed by atoms with Crippen LogP contribution in [-0.2, 0) is 10.9 Å². The largest absolute Gasteiger partial charge is 0.143 e. The number of benzene rings is 1. The summed E-state index contributed by atoms with van der Waals surface area (Å²) in [5.41, 5.74) is 1.28. The fourth-order valence-corrected chi connectivity index (χ4v) is 3.35. The van der Waals surface area contributed by atoms with E-state index >= 15 is 0 Å². The highest BCUT2D eigenvalue weighted by Gasteiger charge is 2.00. The maximum absolute atomic E-state index is 4.13. The number of rotatable bonds is 11. The molecule has 0 nitrogen and oxygen atoms in total. The third kappa shape index (κ3) is 18.1. The third-order valence-corrected chi connectivity index (χ3v) is 5.34. The summed E-state index contributed by atoms with van der Waals surface area (Å²) in [6.07, 6.45) is 19.3. The normalized spacial score (nSPS) is 10.5. The maximum atomic E-state index is 4.13. The van der Waals surface area contributed by atoms with Gasteiger partial charge in [-0.1, -0.05) is 76.0 Å². The zero-order valence-electron chi connectivity index (χ0n) is 15.9. The van der Waals surface area contributed by atoms with E-state index in [1.54, 1.807) is 0 Å². The Morgan fingerprint density at radius 3 is 1.57 bits per heavy atom. The zero-order chi connectivity index (χ0) is 17.3. The lowest BCUT2D eigenvalue weighted by Crippen LogP contribution is -2.00. The van der Waals surface area contributed by atoms with Crippen molar-refractivity contribution in [2.75, 3.05) is 18.3 Å². The van der Waals surface area contributed by atoms with E-state index in [-0.39, 0.29) is 0 Å². The first-order valence-corrected chi connectivity index (χ1v) is 12.0. The molecule has 0 unspecified atom stereocenters. The Morgan fingerprint density at radius 2 is 1.17 bits per heavy atom. The van der Waals surface area contributed by atoms with Gasteiger partial charge in [0.1, 0.15) is 5.75 Å². The molecule has 0 atom stereocenters. The number of unbranched alkanes of at least 4 members (excludes halogenated alkanes) is 9. The molecule has 0 aliphatic carbocycles. The Bertz CT molecular complexity index is 322. The van der Waals surface area contributed by atoms with Gasteiger partial charge in [0.25, 0.3) is 0 Å². The van der Waals surface area contributed by atoms with Crippen molar-refractivity contribution in [2.24, 2.45) is 0 Å². The summed E-state index contributed by atoms with van der Waals surface area (Å²) in [7, 11) is 0.672. The molecule has 134 valence electrons. The van der Waals surface area contributed by atoms with Crippen LogP contribution in [-0.4, -0.2) is 18.3 Å². The molecule has 0 saturated carbocycles. The van der Waals surface area contributed by atoms with Crippen LogP contribution in [0.3, 0.4) is 0 Å². The van der Waals surface area contributed by atoms with Gasteiger partial charge in [-0.3, -0.25) is 0 Å². The van der Waals surface area contributed by atoms with E-state index in [1.807, 2.05) is 24.3 Å². The predicted octanol–water partition coefficient (Wildman–Crippen LogP) is 7.07. The first-order valence-electron chi connectivity index (χ1n) is 9.36. The summed E-state index contributed by atoms with van der Waals surface area (Å²) in [5.74, 6) is 1.45. The van der Waals surface area contributed by atoms with Gasteiger partial charge in [0.2, 0.25) is 0 Å². The van der Waals surface area contributed by atoms with Crippen LogP contribution < -0.4 is 0 Å². The molecule has 0 aliphatic rings. The molecule has 1 aromatic rings. The average Bonchev–Trinajstić information content (AvgIpc) is 2.52. The van der Waals surface area contributed by atoms with E-state index in [0.717, 1.165) is 4.90 Å². The lowest BCUT2D eigenvalue weighted by molar-refractivity contribution is 0.563. The van der Waals surface area contributed by atoms with E-state index < -0.39 is 0 Å². The third-order valence-electron chi connectivity index (χ3n) is 3.94. The van der Waals surface area contributed by atoms with Crippen molar-refractivity contribution >= 4 is 23.5 Å². The van der Waals surface area contributed by atoms with Crippen molar-refractivity contribution in [3.63, 3.8) is 0 Å². The number of hydrogen-bond acceptors (Lipinski definition) is 1. The van der Waals surface area contributed by atoms with Gasteiger partial charge in [0, 0.05) is 4.90 Å². The summed E-state index contributed by atoms with van der Waals surface area (Å²) < 4.78 is 0. The Kier molecular flexibility index (Phi) is 16.7. The molecule has 1 rings (SSSR count). The van der Waals surface area contributed by atoms with Crippen molar-refractivity contribution in [1.29, 1.82) is 0 Å². The van der Waals surface area contributed by atoms with Gasteiger partial charge >= 0.3 is 0 Å². The number of hydrogen-bond donors (Lipinski definition) is 1. The highest BCUT2D eigenvalue weighted by Crippen LogP contribution is 2.10. The zero-order valence-corrected chi connectivity index (χ0v) is 17.7. The van der Waals surface area contributed by atoms with Crippen LogP contribution in [0.1, 0.15) is 76.7 Å². The van der Waals surface area contributed by atoms with Crippen LogP contribution in [0.4, 0.5) is 0 Å². The van der Waals surface area contributed by atoms with Crippen LogP contribution in [0.25, 0.3) is 0 Å². The second-order valence-corrected chi connectivity index (χ2v) is 9.60. The van der Waals surface area contributed by atoms with Gasteiger partial charge in [-0.05, 0) is 42.8 Å². The highest BCUT2D eigenvalue weighted by atomic mass is 32.2. The van der Waals surface area contributed by atoms with Crippen LogP contribution >= 0.6 is 12.6 Å². The topological polar surface area (TPSA) is 0 Å². The van der Waals surface area contributed by atoms with Gasteiger partial charge < -0.3 is 0 Å². The first-order chi connectivity index (χ1) is 11.1. The summed E-state index contributed by atoms with van der Waals surface area (Å²) in [6, 6.07) is 8.06. The molecule has 0 radical (unpaired) electrons. The van der Waals surface area contributed by atoms with Gasteiger partial charge in [0.05, 0.1) is 12.5 Å². The van der Waals surface area contributed by atoms with Crippen LogP contribution in [0.5, 0.6) is 0 Å². The lowest BCUT2D eigenvalue weighted by Gasteiger charge is -2.01. The smallest absolute Gasteiger partial charge is 0.107 e. The fraction of sp³-hybridized carbons (Fsp3) is 0.714. The minimum absolute atomic E-state index is 0.672. The summed E-state index contributed by atoms with van der Waals surface area (Å²) in [5, 5.41) is 0. The summed E-state index contributed by atoms with van der Waals surface area (Å²) in [4.78, 5) is 1.02. The Hall–Kier alpha value is -0.0800. The lowest BCUT2D eigenvalue weighted by atomic mass is 10.1. The molecule has 0 spiro atoms.